The number of halogens is 1. The van der Waals surface area contributed by atoms with Gasteiger partial charge in [0.1, 0.15) is 11.4 Å². The average Bonchev–Trinajstić information content (AvgIpc) is 3.59. The van der Waals surface area contributed by atoms with Gasteiger partial charge in [-0.05, 0) is 25.0 Å². The summed E-state index contributed by atoms with van der Waals surface area (Å²) in [6.45, 7) is 1.04. The first kappa shape index (κ1) is 21.8. The summed E-state index contributed by atoms with van der Waals surface area (Å²) in [7, 11) is 0. The second kappa shape index (κ2) is 8.58. The number of amides is 1. The number of aromatic carboxylic acids is 1. The molecule has 2 aliphatic rings. The predicted octanol–water partition coefficient (Wildman–Crippen LogP) is 0.496. The minimum absolute atomic E-state index is 0.0383. The summed E-state index contributed by atoms with van der Waals surface area (Å²) >= 11 is 0. The van der Waals surface area contributed by atoms with Crippen LogP contribution in [0.5, 0.6) is 0 Å². The van der Waals surface area contributed by atoms with Crippen LogP contribution in [0.25, 0.3) is 10.9 Å². The fraction of sp³-hybridized carbons (Fsp3) is 0.429. The molecule has 1 aromatic carbocycles. The van der Waals surface area contributed by atoms with Crippen LogP contribution in [-0.2, 0) is 9.59 Å². The van der Waals surface area contributed by atoms with Gasteiger partial charge >= 0.3 is 11.9 Å². The van der Waals surface area contributed by atoms with Gasteiger partial charge in [-0.25, -0.2) is 9.18 Å². The van der Waals surface area contributed by atoms with E-state index in [-0.39, 0.29) is 36.0 Å². The lowest BCUT2D eigenvalue weighted by Gasteiger charge is -2.36. The number of carboxylic acids is 2. The Kier molecular flexibility index (Phi) is 5.83. The van der Waals surface area contributed by atoms with Gasteiger partial charge in [-0.2, -0.15) is 0 Å². The highest BCUT2D eigenvalue weighted by molar-refractivity contribution is 5.93. The minimum atomic E-state index is -1.34. The monoisotopic (exact) mass is 446 g/mol. The number of carboxylic acid groups (broad SMARTS) is 2. The summed E-state index contributed by atoms with van der Waals surface area (Å²) in [6.07, 6.45) is 3.06. The van der Waals surface area contributed by atoms with Crippen molar-refractivity contribution in [1.29, 1.82) is 0 Å². The Bertz CT molecular complexity index is 1150. The van der Waals surface area contributed by atoms with E-state index in [4.69, 9.17) is 5.11 Å². The molecule has 1 saturated heterocycles. The molecule has 1 aliphatic heterocycles. The van der Waals surface area contributed by atoms with Gasteiger partial charge in [0.2, 0.25) is 11.3 Å². The summed E-state index contributed by atoms with van der Waals surface area (Å²) in [5, 5.41) is 20.6. The van der Waals surface area contributed by atoms with E-state index < -0.39 is 23.2 Å². The SMILES string of the molecule is O=C(O)CNCC(=O)N1CCN(c2cc3c(cc2F)c(=O)c(C(=O)O)cn3C2CC2)CC1. The van der Waals surface area contributed by atoms with Crippen molar-refractivity contribution in [1.82, 2.24) is 14.8 Å². The third kappa shape index (κ3) is 4.28. The topological polar surface area (TPSA) is 132 Å². The molecule has 1 aromatic heterocycles. The molecule has 0 radical (unpaired) electrons. The van der Waals surface area contributed by atoms with Crippen LogP contribution >= 0.6 is 0 Å². The summed E-state index contributed by atoms with van der Waals surface area (Å²) in [4.78, 5) is 50.2. The van der Waals surface area contributed by atoms with Crippen molar-refractivity contribution >= 4 is 34.4 Å². The number of benzene rings is 1. The average molecular weight is 446 g/mol. The third-order valence-electron chi connectivity index (χ3n) is 5.80. The molecule has 11 heteroatoms. The molecule has 1 amide bonds. The van der Waals surface area contributed by atoms with E-state index in [9.17, 15) is 28.7 Å². The van der Waals surface area contributed by atoms with Gasteiger partial charge < -0.3 is 24.6 Å². The molecular weight excluding hydrogens is 423 g/mol. The van der Waals surface area contributed by atoms with E-state index >= 15 is 0 Å². The normalized spacial score (nSPS) is 16.4. The number of fused-ring (bicyclic) bond motifs is 1. The van der Waals surface area contributed by atoms with Crippen LogP contribution < -0.4 is 15.6 Å². The highest BCUT2D eigenvalue weighted by Gasteiger charge is 2.29. The Hall–Kier alpha value is -3.47. The van der Waals surface area contributed by atoms with Crippen LogP contribution in [0.3, 0.4) is 0 Å². The largest absolute Gasteiger partial charge is 0.480 e. The zero-order chi connectivity index (χ0) is 23.0. The van der Waals surface area contributed by atoms with Crippen molar-refractivity contribution in [3.8, 4) is 0 Å². The molecule has 2 aromatic rings. The maximum atomic E-state index is 15.0. The molecule has 3 N–H and O–H groups in total. The number of hydrogen-bond donors (Lipinski definition) is 3. The quantitative estimate of drug-likeness (QED) is 0.560. The molecule has 0 spiro atoms. The standard InChI is InChI=1S/C21H23FN4O6/c22-15-7-13-16(26(12-1-2-12)11-14(20(13)30)21(31)32)8-17(15)24-3-5-25(6-4-24)18(27)9-23-10-19(28)29/h7-8,11-12,23H,1-6,9-10H2,(H,28,29)(H,31,32). The van der Waals surface area contributed by atoms with E-state index in [2.05, 4.69) is 5.32 Å². The first-order chi connectivity index (χ1) is 15.3. The van der Waals surface area contributed by atoms with Crippen molar-refractivity contribution in [3.05, 3.63) is 39.9 Å². The fourth-order valence-electron chi connectivity index (χ4n) is 3.99. The summed E-state index contributed by atoms with van der Waals surface area (Å²) in [5.41, 5.74) is -0.292. The first-order valence-corrected chi connectivity index (χ1v) is 10.3. The second-order valence-electron chi connectivity index (χ2n) is 8.00. The van der Waals surface area contributed by atoms with Crippen LogP contribution in [0, 0.1) is 5.82 Å². The number of carbonyl (C=O) groups excluding carboxylic acids is 1. The number of anilines is 1. The molecular formula is C21H23FN4O6. The Labute approximate surface area is 181 Å². The van der Waals surface area contributed by atoms with Gasteiger partial charge in [0, 0.05) is 43.8 Å². The molecule has 4 rings (SSSR count). The number of piperazine rings is 1. The van der Waals surface area contributed by atoms with Gasteiger partial charge in [-0.3, -0.25) is 19.7 Å². The predicted molar refractivity (Wildman–Crippen MR) is 113 cm³/mol. The molecule has 2 fully saturated rings. The molecule has 32 heavy (non-hydrogen) atoms. The lowest BCUT2D eigenvalue weighted by atomic mass is 10.1. The molecule has 170 valence electrons. The summed E-state index contributed by atoms with van der Waals surface area (Å²) < 4.78 is 16.7. The number of rotatable bonds is 7. The van der Waals surface area contributed by atoms with Crippen LogP contribution in [0.2, 0.25) is 0 Å². The van der Waals surface area contributed by atoms with Gasteiger partial charge in [-0.15, -0.1) is 0 Å². The first-order valence-electron chi connectivity index (χ1n) is 10.3. The lowest BCUT2D eigenvalue weighted by molar-refractivity contribution is -0.136. The highest BCUT2D eigenvalue weighted by Crippen LogP contribution is 2.38. The second-order valence-corrected chi connectivity index (χ2v) is 8.00. The van der Waals surface area contributed by atoms with Crippen molar-refractivity contribution in [2.24, 2.45) is 0 Å². The number of carbonyl (C=O) groups is 3. The molecule has 0 bridgehead atoms. The summed E-state index contributed by atoms with van der Waals surface area (Å²) in [5.74, 6) is -3.24. The van der Waals surface area contributed by atoms with Crippen LogP contribution in [0.4, 0.5) is 10.1 Å². The van der Waals surface area contributed by atoms with Crippen molar-refractivity contribution in [3.63, 3.8) is 0 Å². The smallest absolute Gasteiger partial charge is 0.341 e. The number of pyridine rings is 1. The third-order valence-corrected chi connectivity index (χ3v) is 5.80. The molecule has 0 atom stereocenters. The number of nitrogens with one attached hydrogen (secondary N) is 1. The van der Waals surface area contributed by atoms with E-state index in [0.717, 1.165) is 18.9 Å². The molecule has 1 aliphatic carbocycles. The molecule has 2 heterocycles. The Morgan fingerprint density at radius 3 is 2.34 bits per heavy atom. The Balaban J connectivity index is 1.56. The number of aromatic nitrogens is 1. The highest BCUT2D eigenvalue weighted by atomic mass is 19.1. The lowest BCUT2D eigenvalue weighted by Crippen LogP contribution is -2.51. The van der Waals surface area contributed by atoms with Gasteiger partial charge in [0.05, 0.1) is 24.3 Å². The maximum Gasteiger partial charge on any atom is 0.341 e. The van der Waals surface area contributed by atoms with Crippen LogP contribution in [0.15, 0.2) is 23.1 Å². The van der Waals surface area contributed by atoms with Crippen molar-refractivity contribution < 1.29 is 29.0 Å². The fourth-order valence-corrected chi connectivity index (χ4v) is 3.99. The van der Waals surface area contributed by atoms with E-state index in [1.165, 1.54) is 6.20 Å². The van der Waals surface area contributed by atoms with E-state index in [0.29, 0.717) is 37.4 Å². The van der Waals surface area contributed by atoms with E-state index in [1.54, 1.807) is 20.4 Å². The van der Waals surface area contributed by atoms with Crippen LogP contribution in [0.1, 0.15) is 29.2 Å². The van der Waals surface area contributed by atoms with Gasteiger partial charge in [0.25, 0.3) is 0 Å². The number of hydrogen-bond acceptors (Lipinski definition) is 6. The molecule has 10 nitrogen and oxygen atoms in total. The Morgan fingerprint density at radius 1 is 1.06 bits per heavy atom. The Morgan fingerprint density at radius 2 is 1.75 bits per heavy atom. The van der Waals surface area contributed by atoms with Gasteiger partial charge in [-0.1, -0.05) is 0 Å². The minimum Gasteiger partial charge on any atom is -0.480 e. The van der Waals surface area contributed by atoms with E-state index in [1.807, 2.05) is 0 Å². The maximum absolute atomic E-state index is 15.0. The van der Waals surface area contributed by atoms with Crippen molar-refractivity contribution in [2.75, 3.05) is 44.2 Å². The van der Waals surface area contributed by atoms with Crippen LogP contribution in [-0.4, -0.2) is 76.8 Å². The number of nitrogens with zero attached hydrogens (tertiary/aromatic N) is 3. The zero-order valence-electron chi connectivity index (χ0n) is 17.2. The number of aliphatic carboxylic acids is 1. The molecule has 1 saturated carbocycles. The van der Waals surface area contributed by atoms with Gasteiger partial charge in [0.15, 0.2) is 0 Å². The summed E-state index contributed by atoms with van der Waals surface area (Å²) in [6, 6.07) is 2.77. The molecule has 0 unspecified atom stereocenters. The van der Waals surface area contributed by atoms with Crippen molar-refractivity contribution in [2.45, 2.75) is 18.9 Å². The zero-order valence-corrected chi connectivity index (χ0v) is 17.2.